The van der Waals surface area contributed by atoms with Gasteiger partial charge >= 0.3 is 5.97 Å². The van der Waals surface area contributed by atoms with E-state index in [9.17, 15) is 4.79 Å². The van der Waals surface area contributed by atoms with Gasteiger partial charge in [-0.15, -0.1) is 0 Å². The minimum atomic E-state index is -0.858. The summed E-state index contributed by atoms with van der Waals surface area (Å²) in [6.07, 6.45) is 2.23. The zero-order valence-electron chi connectivity index (χ0n) is 9.33. The van der Waals surface area contributed by atoms with E-state index in [1.54, 1.807) is 13.1 Å². The van der Waals surface area contributed by atoms with Crippen LogP contribution in [0.1, 0.15) is 5.56 Å². The summed E-state index contributed by atoms with van der Waals surface area (Å²) in [7, 11) is 1.64. The maximum Gasteiger partial charge on any atom is 0.321 e. The molecule has 1 aromatic carbocycles. The molecule has 0 spiro atoms. The molecule has 2 rings (SSSR count). The highest BCUT2D eigenvalue weighted by atomic mass is 35.5. The number of carboxylic acids is 1. The molecule has 90 valence electrons. The SMILES string of the molecule is CNC(Cc1c[nH]c2c(Cl)cccc12)C(=O)O. The normalized spacial score (nSPS) is 12.8. The maximum atomic E-state index is 11.0. The van der Waals surface area contributed by atoms with E-state index in [4.69, 9.17) is 16.7 Å². The summed E-state index contributed by atoms with van der Waals surface area (Å²) in [5.41, 5.74) is 1.80. The van der Waals surface area contributed by atoms with Crippen LogP contribution in [0.3, 0.4) is 0 Å². The Morgan fingerprint density at radius 1 is 1.59 bits per heavy atom. The van der Waals surface area contributed by atoms with E-state index in [1.165, 1.54) is 0 Å². The zero-order valence-corrected chi connectivity index (χ0v) is 10.1. The first-order valence-electron chi connectivity index (χ1n) is 5.28. The number of hydrogen-bond donors (Lipinski definition) is 3. The number of para-hydroxylation sites is 1. The second kappa shape index (κ2) is 4.77. The smallest absolute Gasteiger partial charge is 0.321 e. The molecule has 2 aromatic rings. The quantitative estimate of drug-likeness (QED) is 0.780. The van der Waals surface area contributed by atoms with Crippen molar-refractivity contribution in [2.24, 2.45) is 0 Å². The van der Waals surface area contributed by atoms with Gasteiger partial charge in [-0.1, -0.05) is 23.7 Å². The molecular weight excluding hydrogens is 240 g/mol. The van der Waals surface area contributed by atoms with E-state index in [2.05, 4.69) is 10.3 Å². The van der Waals surface area contributed by atoms with Gasteiger partial charge < -0.3 is 15.4 Å². The van der Waals surface area contributed by atoms with Gasteiger partial charge in [0.15, 0.2) is 0 Å². The number of aromatic nitrogens is 1. The summed E-state index contributed by atoms with van der Waals surface area (Å²) in [6, 6.07) is 5.00. The maximum absolute atomic E-state index is 11.0. The molecule has 1 aromatic heterocycles. The highest BCUT2D eigenvalue weighted by Crippen LogP contribution is 2.25. The molecule has 0 saturated carbocycles. The summed E-state index contributed by atoms with van der Waals surface area (Å²) >= 11 is 6.04. The minimum Gasteiger partial charge on any atom is -0.480 e. The third-order valence-electron chi connectivity index (χ3n) is 2.82. The van der Waals surface area contributed by atoms with Crippen molar-refractivity contribution in [2.75, 3.05) is 7.05 Å². The lowest BCUT2D eigenvalue weighted by atomic mass is 10.1. The Bertz CT molecular complexity index is 550. The molecule has 0 aliphatic rings. The Labute approximate surface area is 104 Å². The van der Waals surface area contributed by atoms with Gasteiger partial charge in [-0.25, -0.2) is 0 Å². The van der Waals surface area contributed by atoms with Gasteiger partial charge in [0.1, 0.15) is 6.04 Å². The molecule has 0 aliphatic carbocycles. The molecule has 0 saturated heterocycles. The van der Waals surface area contributed by atoms with E-state index in [0.717, 1.165) is 16.5 Å². The summed E-state index contributed by atoms with van der Waals surface area (Å²) in [5, 5.41) is 13.4. The highest BCUT2D eigenvalue weighted by molar-refractivity contribution is 6.35. The molecule has 0 amide bonds. The molecule has 0 bridgehead atoms. The molecule has 0 aliphatic heterocycles. The molecular formula is C12H13ClN2O2. The summed E-state index contributed by atoms with van der Waals surface area (Å²) in [4.78, 5) is 14.0. The van der Waals surface area contributed by atoms with Crippen molar-refractivity contribution in [3.05, 3.63) is 35.0 Å². The molecule has 1 unspecified atom stereocenters. The first-order valence-corrected chi connectivity index (χ1v) is 5.66. The van der Waals surface area contributed by atoms with Crippen LogP contribution in [0.15, 0.2) is 24.4 Å². The second-order valence-electron chi connectivity index (χ2n) is 3.86. The zero-order chi connectivity index (χ0) is 12.4. The molecule has 0 fully saturated rings. The lowest BCUT2D eigenvalue weighted by Crippen LogP contribution is -2.35. The number of likely N-dealkylation sites (N-methyl/N-ethyl adjacent to an activating group) is 1. The van der Waals surface area contributed by atoms with Crippen LogP contribution < -0.4 is 5.32 Å². The fourth-order valence-electron chi connectivity index (χ4n) is 1.88. The van der Waals surface area contributed by atoms with Crippen LogP contribution in [0.5, 0.6) is 0 Å². The van der Waals surface area contributed by atoms with Crippen LogP contribution >= 0.6 is 11.6 Å². The Hall–Kier alpha value is -1.52. The molecule has 3 N–H and O–H groups in total. The Morgan fingerprint density at radius 3 is 3.00 bits per heavy atom. The molecule has 0 radical (unpaired) electrons. The van der Waals surface area contributed by atoms with Gasteiger partial charge in [-0.05, 0) is 18.7 Å². The number of H-pyrrole nitrogens is 1. The number of halogens is 1. The number of aliphatic carboxylic acids is 1. The second-order valence-corrected chi connectivity index (χ2v) is 4.27. The van der Waals surface area contributed by atoms with Crippen LogP contribution in [0.4, 0.5) is 0 Å². The first kappa shape index (κ1) is 12.0. The number of rotatable bonds is 4. The van der Waals surface area contributed by atoms with Gasteiger partial charge in [-0.3, -0.25) is 4.79 Å². The van der Waals surface area contributed by atoms with Crippen LogP contribution in [0.2, 0.25) is 5.02 Å². The topological polar surface area (TPSA) is 65.1 Å². The average molecular weight is 253 g/mol. The monoisotopic (exact) mass is 252 g/mol. The van der Waals surface area contributed by atoms with Crippen LogP contribution in [0.25, 0.3) is 10.9 Å². The summed E-state index contributed by atoms with van der Waals surface area (Å²) in [6.45, 7) is 0. The van der Waals surface area contributed by atoms with Crippen LogP contribution in [0, 0.1) is 0 Å². The van der Waals surface area contributed by atoms with Crippen LogP contribution in [-0.4, -0.2) is 29.1 Å². The fourth-order valence-corrected chi connectivity index (χ4v) is 2.11. The van der Waals surface area contributed by atoms with Gasteiger partial charge in [-0.2, -0.15) is 0 Å². The number of carbonyl (C=O) groups is 1. The Kier molecular flexibility index (Phi) is 3.36. The summed E-state index contributed by atoms with van der Waals surface area (Å²) < 4.78 is 0. The standard InChI is InChI=1S/C12H13ClN2O2/c1-14-10(12(16)17)5-7-6-15-11-8(7)3-2-4-9(11)13/h2-4,6,10,14-15H,5H2,1H3,(H,16,17). The van der Waals surface area contributed by atoms with Gasteiger partial charge in [0.05, 0.1) is 10.5 Å². The average Bonchev–Trinajstić information content (AvgIpc) is 2.70. The van der Waals surface area contributed by atoms with Crippen molar-refractivity contribution in [3.63, 3.8) is 0 Å². The van der Waals surface area contributed by atoms with E-state index < -0.39 is 12.0 Å². The number of aromatic amines is 1. The third-order valence-corrected chi connectivity index (χ3v) is 3.14. The summed E-state index contributed by atoms with van der Waals surface area (Å²) in [5.74, 6) is -0.858. The van der Waals surface area contributed by atoms with Gasteiger partial charge in [0.2, 0.25) is 0 Å². The van der Waals surface area contributed by atoms with Crippen molar-refractivity contribution >= 4 is 28.5 Å². The molecule has 1 heterocycles. The minimum absolute atomic E-state index is 0.423. The fraction of sp³-hybridized carbons (Fsp3) is 0.250. The van der Waals surface area contributed by atoms with Gasteiger partial charge in [0.25, 0.3) is 0 Å². The number of nitrogens with one attached hydrogen (secondary N) is 2. The van der Waals surface area contributed by atoms with Crippen molar-refractivity contribution in [1.29, 1.82) is 0 Å². The van der Waals surface area contributed by atoms with E-state index in [1.807, 2.05) is 18.3 Å². The molecule has 4 nitrogen and oxygen atoms in total. The number of fused-ring (bicyclic) bond motifs is 1. The third kappa shape index (κ3) is 2.28. The van der Waals surface area contributed by atoms with E-state index in [0.29, 0.717) is 11.4 Å². The number of benzene rings is 1. The van der Waals surface area contributed by atoms with E-state index >= 15 is 0 Å². The number of carboxylic acid groups (broad SMARTS) is 1. The lowest BCUT2D eigenvalue weighted by molar-refractivity contribution is -0.139. The molecule has 1 atom stereocenters. The first-order chi connectivity index (χ1) is 8.13. The van der Waals surface area contributed by atoms with Crippen molar-refractivity contribution in [3.8, 4) is 0 Å². The van der Waals surface area contributed by atoms with Crippen molar-refractivity contribution < 1.29 is 9.90 Å². The Balaban J connectivity index is 2.37. The molecule has 17 heavy (non-hydrogen) atoms. The van der Waals surface area contributed by atoms with E-state index in [-0.39, 0.29) is 0 Å². The molecule has 5 heteroatoms. The van der Waals surface area contributed by atoms with Crippen molar-refractivity contribution in [1.82, 2.24) is 10.3 Å². The predicted octanol–water partition coefficient (Wildman–Crippen LogP) is 2.04. The largest absolute Gasteiger partial charge is 0.480 e. The number of hydrogen-bond acceptors (Lipinski definition) is 2. The lowest BCUT2D eigenvalue weighted by Gasteiger charge is -2.09. The van der Waals surface area contributed by atoms with Crippen LogP contribution in [-0.2, 0) is 11.2 Å². The highest BCUT2D eigenvalue weighted by Gasteiger charge is 2.17. The predicted molar refractivity (Wildman–Crippen MR) is 67.5 cm³/mol. The Morgan fingerprint density at radius 2 is 2.35 bits per heavy atom. The van der Waals surface area contributed by atoms with Crippen molar-refractivity contribution in [2.45, 2.75) is 12.5 Å². The van der Waals surface area contributed by atoms with Gasteiger partial charge in [0, 0.05) is 18.0 Å².